The van der Waals surface area contributed by atoms with Crippen LogP contribution in [0, 0.1) is 0 Å². The second kappa shape index (κ2) is 9.15. The number of fused-ring (bicyclic) bond motifs is 1. The van der Waals surface area contributed by atoms with E-state index >= 15 is 0 Å². The molecule has 7 heteroatoms. The van der Waals surface area contributed by atoms with Gasteiger partial charge in [0.05, 0.1) is 38.0 Å². The fraction of sp³-hybridized carbons (Fsp3) is 0.409. The van der Waals surface area contributed by atoms with Gasteiger partial charge in [0.15, 0.2) is 11.5 Å². The Kier molecular flexibility index (Phi) is 6.17. The Bertz CT molecular complexity index is 950. The van der Waals surface area contributed by atoms with Gasteiger partial charge in [-0.2, -0.15) is 0 Å². The molecule has 0 unspecified atom stereocenters. The van der Waals surface area contributed by atoms with Crippen molar-refractivity contribution < 1.29 is 18.9 Å². The number of aromatic amines is 1. The fourth-order valence-electron chi connectivity index (χ4n) is 3.40. The molecule has 0 atom stereocenters. The van der Waals surface area contributed by atoms with Crippen molar-refractivity contribution in [1.82, 2.24) is 14.9 Å². The van der Waals surface area contributed by atoms with Crippen molar-refractivity contribution in [3.05, 3.63) is 36.4 Å². The van der Waals surface area contributed by atoms with Crippen LogP contribution in [-0.2, 0) is 4.74 Å². The molecular weight excluding hydrogens is 370 g/mol. The quantitative estimate of drug-likeness (QED) is 0.629. The largest absolute Gasteiger partial charge is 0.497 e. The second-order valence-corrected chi connectivity index (χ2v) is 6.87. The molecule has 2 aromatic carbocycles. The Morgan fingerprint density at radius 3 is 2.72 bits per heavy atom. The van der Waals surface area contributed by atoms with Gasteiger partial charge in [-0.15, -0.1) is 0 Å². The number of aromatic nitrogens is 2. The molecule has 1 saturated heterocycles. The molecule has 7 nitrogen and oxygen atoms in total. The number of ether oxygens (including phenoxy) is 4. The summed E-state index contributed by atoms with van der Waals surface area (Å²) in [6.45, 7) is 7.53. The SMILES string of the molecule is CCOc1cc(-c2nc3ccc(OC)cc3[nH]2)ccc1OCCN1CCOCC1. The minimum Gasteiger partial charge on any atom is -0.497 e. The van der Waals surface area contributed by atoms with E-state index in [0.717, 1.165) is 72.5 Å². The molecule has 0 radical (unpaired) electrons. The van der Waals surface area contributed by atoms with Gasteiger partial charge < -0.3 is 23.9 Å². The predicted octanol–water partition coefficient (Wildman–Crippen LogP) is 3.35. The average Bonchev–Trinajstić information content (AvgIpc) is 3.19. The van der Waals surface area contributed by atoms with Crippen LogP contribution in [0.1, 0.15) is 6.92 Å². The first-order valence-corrected chi connectivity index (χ1v) is 10.0. The Labute approximate surface area is 170 Å². The molecule has 29 heavy (non-hydrogen) atoms. The number of nitrogens with one attached hydrogen (secondary N) is 1. The van der Waals surface area contributed by atoms with Crippen molar-refractivity contribution in [2.24, 2.45) is 0 Å². The van der Waals surface area contributed by atoms with Crippen molar-refractivity contribution in [2.45, 2.75) is 6.92 Å². The highest BCUT2D eigenvalue weighted by Crippen LogP contribution is 2.33. The number of benzene rings is 2. The fourth-order valence-corrected chi connectivity index (χ4v) is 3.40. The number of H-pyrrole nitrogens is 1. The minimum absolute atomic E-state index is 0.570. The van der Waals surface area contributed by atoms with Gasteiger partial charge in [0.2, 0.25) is 0 Å². The molecule has 0 bridgehead atoms. The lowest BCUT2D eigenvalue weighted by molar-refractivity contribution is 0.0321. The normalized spacial score (nSPS) is 14.8. The number of hydrogen-bond acceptors (Lipinski definition) is 6. The van der Waals surface area contributed by atoms with Crippen LogP contribution in [0.3, 0.4) is 0 Å². The Morgan fingerprint density at radius 2 is 1.93 bits per heavy atom. The zero-order chi connectivity index (χ0) is 20.1. The van der Waals surface area contributed by atoms with E-state index in [-0.39, 0.29) is 0 Å². The average molecular weight is 397 g/mol. The van der Waals surface area contributed by atoms with Crippen molar-refractivity contribution in [1.29, 1.82) is 0 Å². The summed E-state index contributed by atoms with van der Waals surface area (Å²) in [6, 6.07) is 11.7. The van der Waals surface area contributed by atoms with E-state index in [1.165, 1.54) is 0 Å². The van der Waals surface area contributed by atoms with Crippen LogP contribution in [0.15, 0.2) is 36.4 Å². The van der Waals surface area contributed by atoms with E-state index in [9.17, 15) is 0 Å². The number of rotatable bonds is 8. The van der Waals surface area contributed by atoms with Crippen LogP contribution in [0.4, 0.5) is 0 Å². The molecule has 1 aliphatic rings. The van der Waals surface area contributed by atoms with Crippen molar-refractivity contribution in [3.8, 4) is 28.6 Å². The van der Waals surface area contributed by atoms with Crippen LogP contribution in [0.5, 0.6) is 17.2 Å². The molecule has 2 heterocycles. The van der Waals surface area contributed by atoms with Crippen LogP contribution >= 0.6 is 0 Å². The van der Waals surface area contributed by atoms with Crippen molar-refractivity contribution in [3.63, 3.8) is 0 Å². The molecule has 1 fully saturated rings. The molecule has 154 valence electrons. The molecular formula is C22H27N3O4. The van der Waals surface area contributed by atoms with Gasteiger partial charge in [0, 0.05) is 31.3 Å². The third-order valence-electron chi connectivity index (χ3n) is 4.97. The van der Waals surface area contributed by atoms with Gasteiger partial charge in [0.25, 0.3) is 0 Å². The summed E-state index contributed by atoms with van der Waals surface area (Å²) < 4.78 is 22.5. The molecule has 1 aliphatic heterocycles. The highest BCUT2D eigenvalue weighted by Gasteiger charge is 2.13. The maximum atomic E-state index is 6.02. The number of methoxy groups -OCH3 is 1. The zero-order valence-corrected chi connectivity index (χ0v) is 16.9. The number of imidazole rings is 1. The van der Waals surface area contributed by atoms with Crippen LogP contribution in [0.2, 0.25) is 0 Å². The molecule has 4 rings (SSSR count). The lowest BCUT2D eigenvalue weighted by Gasteiger charge is -2.26. The first kappa shape index (κ1) is 19.5. The van der Waals surface area contributed by atoms with Crippen LogP contribution in [0.25, 0.3) is 22.4 Å². The van der Waals surface area contributed by atoms with Crippen LogP contribution < -0.4 is 14.2 Å². The zero-order valence-electron chi connectivity index (χ0n) is 16.9. The molecule has 1 aromatic heterocycles. The second-order valence-electron chi connectivity index (χ2n) is 6.87. The minimum atomic E-state index is 0.570. The molecule has 0 amide bonds. The summed E-state index contributed by atoms with van der Waals surface area (Å²) in [5.41, 5.74) is 2.77. The topological polar surface area (TPSA) is 68.8 Å². The van der Waals surface area contributed by atoms with Gasteiger partial charge in [-0.1, -0.05) is 0 Å². The predicted molar refractivity (Wildman–Crippen MR) is 112 cm³/mol. The Hall–Kier alpha value is -2.77. The lowest BCUT2D eigenvalue weighted by atomic mass is 10.2. The van der Waals surface area contributed by atoms with E-state index in [0.29, 0.717) is 13.2 Å². The van der Waals surface area contributed by atoms with Crippen molar-refractivity contribution >= 4 is 11.0 Å². The molecule has 3 aromatic rings. The molecule has 0 aliphatic carbocycles. The third kappa shape index (κ3) is 4.63. The molecule has 0 saturated carbocycles. The lowest BCUT2D eigenvalue weighted by Crippen LogP contribution is -2.38. The smallest absolute Gasteiger partial charge is 0.161 e. The van der Waals surface area contributed by atoms with Gasteiger partial charge in [-0.3, -0.25) is 4.90 Å². The Morgan fingerprint density at radius 1 is 1.07 bits per heavy atom. The maximum absolute atomic E-state index is 6.02. The van der Waals surface area contributed by atoms with Gasteiger partial charge in [-0.05, 0) is 37.3 Å². The standard InChI is InChI=1S/C22H27N3O4/c1-3-28-21-14-16(22-23-18-6-5-17(26-2)15-19(18)24-22)4-7-20(21)29-13-10-25-8-11-27-12-9-25/h4-7,14-15H,3,8-13H2,1-2H3,(H,23,24). The van der Waals surface area contributed by atoms with E-state index in [2.05, 4.69) is 14.9 Å². The summed E-state index contributed by atoms with van der Waals surface area (Å²) in [6.07, 6.45) is 0. The summed E-state index contributed by atoms with van der Waals surface area (Å²) in [5, 5.41) is 0. The van der Waals surface area contributed by atoms with Crippen molar-refractivity contribution in [2.75, 3.05) is 53.2 Å². The summed E-state index contributed by atoms with van der Waals surface area (Å²) in [7, 11) is 1.66. The third-order valence-corrected chi connectivity index (χ3v) is 4.97. The van der Waals surface area contributed by atoms with Gasteiger partial charge in [-0.25, -0.2) is 4.98 Å². The van der Waals surface area contributed by atoms with E-state index < -0.39 is 0 Å². The van der Waals surface area contributed by atoms with Crippen LogP contribution in [-0.4, -0.2) is 68.0 Å². The van der Waals surface area contributed by atoms with Gasteiger partial charge in [0.1, 0.15) is 18.2 Å². The maximum Gasteiger partial charge on any atom is 0.161 e. The van der Waals surface area contributed by atoms with E-state index in [1.807, 2.05) is 43.3 Å². The summed E-state index contributed by atoms with van der Waals surface area (Å²) in [5.74, 6) is 3.06. The first-order chi connectivity index (χ1) is 14.3. The molecule has 0 spiro atoms. The van der Waals surface area contributed by atoms with E-state index in [4.69, 9.17) is 18.9 Å². The summed E-state index contributed by atoms with van der Waals surface area (Å²) in [4.78, 5) is 10.4. The van der Waals surface area contributed by atoms with E-state index in [1.54, 1.807) is 7.11 Å². The monoisotopic (exact) mass is 397 g/mol. The molecule has 1 N–H and O–H groups in total. The number of hydrogen-bond donors (Lipinski definition) is 1. The highest BCUT2D eigenvalue weighted by atomic mass is 16.5. The number of morpholine rings is 1. The highest BCUT2D eigenvalue weighted by molar-refractivity contribution is 5.81. The number of nitrogens with zero attached hydrogens (tertiary/aromatic N) is 2. The van der Waals surface area contributed by atoms with Gasteiger partial charge >= 0.3 is 0 Å². The first-order valence-electron chi connectivity index (χ1n) is 10.0. The summed E-state index contributed by atoms with van der Waals surface area (Å²) >= 11 is 0. The Balaban J connectivity index is 1.50.